The lowest BCUT2D eigenvalue weighted by atomic mass is 9.87. The molecule has 3 nitrogen and oxygen atoms in total. The Kier molecular flexibility index (Phi) is 5.60. The van der Waals surface area contributed by atoms with Gasteiger partial charge in [-0.25, -0.2) is 0 Å². The maximum Gasteiger partial charge on any atom is 0.0812 e. The summed E-state index contributed by atoms with van der Waals surface area (Å²) in [6.45, 7) is 10.8. The molecule has 0 amide bonds. The van der Waals surface area contributed by atoms with Gasteiger partial charge in [0, 0.05) is 0 Å². The van der Waals surface area contributed by atoms with Gasteiger partial charge in [-0.05, 0) is 44.9 Å². The molecule has 0 aromatic carbocycles. The van der Waals surface area contributed by atoms with E-state index in [0.717, 1.165) is 13.0 Å². The van der Waals surface area contributed by atoms with Crippen molar-refractivity contribution in [3.63, 3.8) is 0 Å². The topological polar surface area (TPSA) is 53.0 Å². The first kappa shape index (κ1) is 16.7. The minimum Gasteiger partial charge on any atom is -0.386 e. The van der Waals surface area contributed by atoms with Gasteiger partial charge < -0.3 is 14.9 Å². The van der Waals surface area contributed by atoms with Crippen LogP contribution in [0, 0.1) is 11.8 Å². The van der Waals surface area contributed by atoms with Crippen LogP contribution in [0.4, 0.5) is 0 Å². The second-order valence-electron chi connectivity index (χ2n) is 7.15. The van der Waals surface area contributed by atoms with Crippen molar-refractivity contribution < 1.29 is 14.9 Å². The second kappa shape index (κ2) is 6.38. The molecule has 0 aromatic heterocycles. The molecule has 0 radical (unpaired) electrons. The van der Waals surface area contributed by atoms with Gasteiger partial charge >= 0.3 is 0 Å². The van der Waals surface area contributed by atoms with E-state index in [0.29, 0.717) is 30.8 Å². The molecule has 1 heterocycles. The van der Waals surface area contributed by atoms with Crippen molar-refractivity contribution >= 4 is 0 Å². The van der Waals surface area contributed by atoms with Crippen molar-refractivity contribution in [2.24, 2.45) is 11.8 Å². The van der Waals surface area contributed by atoms with Crippen molar-refractivity contribution in [1.29, 1.82) is 0 Å². The molecule has 0 saturated carbocycles. The summed E-state index contributed by atoms with van der Waals surface area (Å²) < 4.78 is 5.21. The summed E-state index contributed by atoms with van der Waals surface area (Å²) >= 11 is 0. The maximum atomic E-state index is 10.4. The molecule has 1 fully saturated rings. The van der Waals surface area contributed by atoms with E-state index in [2.05, 4.69) is 20.8 Å². The monoisotopic (exact) mass is 270 g/mol. The van der Waals surface area contributed by atoms with Crippen LogP contribution in [0.1, 0.15) is 53.9 Å². The minimum absolute atomic E-state index is 0.402. The zero-order valence-electron chi connectivity index (χ0n) is 13.0. The van der Waals surface area contributed by atoms with Gasteiger partial charge in [-0.1, -0.05) is 32.9 Å². The van der Waals surface area contributed by atoms with E-state index in [4.69, 9.17) is 4.74 Å². The summed E-state index contributed by atoms with van der Waals surface area (Å²) in [5.41, 5.74) is -1.71. The number of ether oxygens (including phenoxy) is 1. The van der Waals surface area contributed by atoms with E-state index in [1.54, 1.807) is 26.0 Å². The SMILES string of the molecule is CC(C)CC(C)(O)C=CC(C)(O)CC(C)CC1CO1. The smallest absolute Gasteiger partial charge is 0.0812 e. The molecule has 3 heteroatoms. The van der Waals surface area contributed by atoms with E-state index in [-0.39, 0.29) is 0 Å². The molecule has 0 aliphatic carbocycles. The first-order valence-corrected chi connectivity index (χ1v) is 7.36. The Morgan fingerprint density at radius 1 is 1.11 bits per heavy atom. The van der Waals surface area contributed by atoms with E-state index in [1.165, 1.54) is 0 Å². The fourth-order valence-electron chi connectivity index (χ4n) is 2.76. The zero-order valence-corrected chi connectivity index (χ0v) is 13.0. The summed E-state index contributed by atoms with van der Waals surface area (Å²) in [6.07, 6.45) is 6.30. The largest absolute Gasteiger partial charge is 0.386 e. The van der Waals surface area contributed by atoms with Crippen molar-refractivity contribution in [3.05, 3.63) is 12.2 Å². The normalized spacial score (nSPS) is 27.3. The van der Waals surface area contributed by atoms with Crippen LogP contribution < -0.4 is 0 Å². The number of hydrogen-bond donors (Lipinski definition) is 2. The van der Waals surface area contributed by atoms with Gasteiger partial charge in [-0.2, -0.15) is 0 Å². The summed E-state index contributed by atoms with van der Waals surface area (Å²) in [5, 5.41) is 20.6. The van der Waals surface area contributed by atoms with E-state index >= 15 is 0 Å². The van der Waals surface area contributed by atoms with Crippen LogP contribution in [-0.2, 0) is 4.74 Å². The van der Waals surface area contributed by atoms with Gasteiger partial charge in [0.1, 0.15) is 0 Å². The molecule has 1 rings (SSSR count). The lowest BCUT2D eigenvalue weighted by Gasteiger charge is -2.26. The minimum atomic E-state index is -0.866. The molecule has 0 bridgehead atoms. The van der Waals surface area contributed by atoms with Crippen LogP contribution in [0.3, 0.4) is 0 Å². The van der Waals surface area contributed by atoms with E-state index in [9.17, 15) is 10.2 Å². The van der Waals surface area contributed by atoms with Crippen molar-refractivity contribution in [3.8, 4) is 0 Å². The molecule has 0 spiro atoms. The Morgan fingerprint density at radius 2 is 1.58 bits per heavy atom. The predicted molar refractivity (Wildman–Crippen MR) is 78.0 cm³/mol. The zero-order chi connectivity index (χ0) is 14.7. The quantitative estimate of drug-likeness (QED) is 0.527. The van der Waals surface area contributed by atoms with Crippen LogP contribution >= 0.6 is 0 Å². The Morgan fingerprint density at radius 3 is 2.00 bits per heavy atom. The summed E-state index contributed by atoms with van der Waals surface area (Å²) in [4.78, 5) is 0. The van der Waals surface area contributed by atoms with Gasteiger partial charge in [-0.3, -0.25) is 0 Å². The lowest BCUT2D eigenvalue weighted by molar-refractivity contribution is 0.0670. The van der Waals surface area contributed by atoms with Crippen molar-refractivity contribution in [2.45, 2.75) is 71.2 Å². The standard InChI is InChI=1S/C16H30O3/c1-12(2)9-15(4,17)6-7-16(5,18)10-13(3)8-14-11-19-14/h6-7,12-14,17-18H,8-11H2,1-5H3. The molecule has 4 unspecified atom stereocenters. The Hall–Kier alpha value is -0.380. The first-order valence-electron chi connectivity index (χ1n) is 7.36. The summed E-state index contributed by atoms with van der Waals surface area (Å²) in [7, 11) is 0. The third-order valence-corrected chi connectivity index (χ3v) is 3.45. The average Bonchev–Trinajstić information content (AvgIpc) is 2.96. The molecule has 112 valence electrons. The lowest BCUT2D eigenvalue weighted by Crippen LogP contribution is -2.28. The van der Waals surface area contributed by atoms with E-state index < -0.39 is 11.2 Å². The van der Waals surface area contributed by atoms with Gasteiger partial charge in [0.05, 0.1) is 23.9 Å². The predicted octanol–water partition coefficient (Wildman–Crippen LogP) is 2.91. The maximum absolute atomic E-state index is 10.4. The van der Waals surface area contributed by atoms with Crippen LogP contribution in [0.2, 0.25) is 0 Å². The Balaban J connectivity index is 2.46. The highest BCUT2D eigenvalue weighted by molar-refractivity contribution is 5.06. The second-order valence-corrected chi connectivity index (χ2v) is 7.15. The Labute approximate surface area is 117 Å². The third-order valence-electron chi connectivity index (χ3n) is 3.45. The van der Waals surface area contributed by atoms with E-state index in [1.807, 2.05) is 0 Å². The molecular formula is C16H30O3. The summed E-state index contributed by atoms with van der Waals surface area (Å²) in [6, 6.07) is 0. The van der Waals surface area contributed by atoms with Crippen molar-refractivity contribution in [2.75, 3.05) is 6.61 Å². The molecule has 0 aromatic rings. The number of aliphatic hydroxyl groups is 2. The number of hydrogen-bond acceptors (Lipinski definition) is 3. The van der Waals surface area contributed by atoms with Gasteiger partial charge in [0.25, 0.3) is 0 Å². The number of epoxide rings is 1. The van der Waals surface area contributed by atoms with Gasteiger partial charge in [-0.15, -0.1) is 0 Å². The van der Waals surface area contributed by atoms with Crippen LogP contribution in [0.5, 0.6) is 0 Å². The Bertz CT molecular complexity index is 301. The van der Waals surface area contributed by atoms with Crippen molar-refractivity contribution in [1.82, 2.24) is 0 Å². The van der Waals surface area contributed by atoms with Crippen LogP contribution in [0.15, 0.2) is 12.2 Å². The molecule has 1 aliphatic heterocycles. The fourth-order valence-corrected chi connectivity index (χ4v) is 2.76. The molecule has 1 saturated heterocycles. The first-order chi connectivity index (χ1) is 8.60. The van der Waals surface area contributed by atoms with Gasteiger partial charge in [0.15, 0.2) is 0 Å². The molecule has 1 aliphatic rings. The molecular weight excluding hydrogens is 240 g/mol. The highest BCUT2D eigenvalue weighted by atomic mass is 16.6. The molecule has 19 heavy (non-hydrogen) atoms. The molecule has 2 N–H and O–H groups in total. The van der Waals surface area contributed by atoms with Crippen LogP contribution in [0.25, 0.3) is 0 Å². The third kappa shape index (κ3) is 7.71. The number of rotatable bonds is 8. The fraction of sp³-hybridized carbons (Fsp3) is 0.875. The highest BCUT2D eigenvalue weighted by Gasteiger charge is 2.29. The highest BCUT2D eigenvalue weighted by Crippen LogP contribution is 2.27. The average molecular weight is 270 g/mol. The summed E-state index contributed by atoms with van der Waals surface area (Å²) in [5.74, 6) is 0.845. The van der Waals surface area contributed by atoms with Gasteiger partial charge in [0.2, 0.25) is 0 Å². The molecule has 4 atom stereocenters. The van der Waals surface area contributed by atoms with Crippen LogP contribution in [-0.4, -0.2) is 34.1 Å².